The summed E-state index contributed by atoms with van der Waals surface area (Å²) in [7, 11) is 0. The molecule has 160 valence electrons. The van der Waals surface area contributed by atoms with E-state index in [1.807, 2.05) is 9.80 Å². The minimum absolute atomic E-state index is 0.0656. The molecule has 0 radical (unpaired) electrons. The summed E-state index contributed by atoms with van der Waals surface area (Å²) < 4.78 is 43.4. The van der Waals surface area contributed by atoms with Gasteiger partial charge >= 0.3 is 12.2 Å². The van der Waals surface area contributed by atoms with E-state index in [1.54, 1.807) is 0 Å². The quantitative estimate of drug-likeness (QED) is 0.755. The Morgan fingerprint density at radius 1 is 1.07 bits per heavy atom. The summed E-state index contributed by atoms with van der Waals surface area (Å²) in [6.07, 6.45) is -1.10. The van der Waals surface area contributed by atoms with Gasteiger partial charge in [0.2, 0.25) is 5.91 Å². The average Bonchev–Trinajstić information content (AvgIpc) is 3.25. The number of urea groups is 1. The van der Waals surface area contributed by atoms with Crippen molar-refractivity contribution in [2.75, 3.05) is 39.3 Å². The minimum Gasteiger partial charge on any atom is -0.492 e. The Kier molecular flexibility index (Phi) is 6.87. The number of nitrogens with one attached hydrogen (secondary N) is 1. The molecule has 0 atom stereocenters. The molecule has 1 N–H and O–H groups in total. The van der Waals surface area contributed by atoms with Crippen molar-refractivity contribution < 1.29 is 27.5 Å². The van der Waals surface area contributed by atoms with Crippen LogP contribution in [0, 0.1) is 5.92 Å². The molecule has 3 amide bonds. The van der Waals surface area contributed by atoms with Gasteiger partial charge in [0.25, 0.3) is 0 Å². The second-order valence-electron chi connectivity index (χ2n) is 7.40. The SMILES string of the molecule is O=C(NCCOc1cccc(C(F)(F)F)c1)C1CCN(C(=O)N2CCCC2)CC1. The standard InChI is InChI=1S/C20H26F3N3O3/c21-20(22,23)16-4-3-5-17(14-16)29-13-8-24-18(27)15-6-11-26(12-7-15)19(28)25-9-1-2-10-25/h3-5,14-15H,1-2,6-13H2,(H,24,27). The van der Waals surface area contributed by atoms with Crippen molar-refractivity contribution in [3.63, 3.8) is 0 Å². The molecule has 0 bridgehead atoms. The number of alkyl halides is 3. The van der Waals surface area contributed by atoms with Crippen molar-refractivity contribution in [2.24, 2.45) is 5.92 Å². The van der Waals surface area contributed by atoms with Gasteiger partial charge in [0.05, 0.1) is 12.1 Å². The number of hydrogen-bond donors (Lipinski definition) is 1. The van der Waals surface area contributed by atoms with Crippen LogP contribution in [0.4, 0.5) is 18.0 Å². The molecule has 6 nitrogen and oxygen atoms in total. The maximum absolute atomic E-state index is 12.7. The van der Waals surface area contributed by atoms with Gasteiger partial charge in [-0.3, -0.25) is 4.79 Å². The Labute approximate surface area is 168 Å². The Morgan fingerprint density at radius 2 is 1.72 bits per heavy atom. The van der Waals surface area contributed by atoms with Gasteiger partial charge in [-0.05, 0) is 43.9 Å². The number of carbonyl (C=O) groups is 2. The lowest BCUT2D eigenvalue weighted by atomic mass is 9.96. The maximum Gasteiger partial charge on any atom is 0.416 e. The Bertz CT molecular complexity index is 712. The Morgan fingerprint density at radius 3 is 2.38 bits per heavy atom. The molecule has 29 heavy (non-hydrogen) atoms. The van der Waals surface area contributed by atoms with Crippen molar-refractivity contribution in [1.82, 2.24) is 15.1 Å². The number of nitrogens with zero attached hydrogens (tertiary/aromatic N) is 2. The molecule has 2 heterocycles. The first kappa shape index (κ1) is 21.3. The van der Waals surface area contributed by atoms with Crippen LogP contribution in [0.1, 0.15) is 31.2 Å². The van der Waals surface area contributed by atoms with Crippen LogP contribution in [0.2, 0.25) is 0 Å². The highest BCUT2D eigenvalue weighted by atomic mass is 19.4. The first-order chi connectivity index (χ1) is 13.8. The molecule has 0 spiro atoms. The van der Waals surface area contributed by atoms with E-state index in [2.05, 4.69) is 5.32 Å². The molecular formula is C20H26F3N3O3. The molecule has 2 saturated heterocycles. The summed E-state index contributed by atoms with van der Waals surface area (Å²) in [5.41, 5.74) is -0.769. The van der Waals surface area contributed by atoms with Gasteiger partial charge in [-0.2, -0.15) is 13.2 Å². The molecule has 2 aliphatic rings. The molecule has 1 aromatic rings. The zero-order chi connectivity index (χ0) is 20.9. The van der Waals surface area contributed by atoms with E-state index in [9.17, 15) is 22.8 Å². The lowest BCUT2D eigenvalue weighted by molar-refractivity contribution is -0.137. The number of hydrogen-bond acceptors (Lipinski definition) is 3. The van der Waals surface area contributed by atoms with Gasteiger partial charge in [-0.1, -0.05) is 6.07 Å². The normalized spacial score (nSPS) is 18.0. The van der Waals surface area contributed by atoms with E-state index in [0.717, 1.165) is 38.1 Å². The summed E-state index contributed by atoms with van der Waals surface area (Å²) in [6, 6.07) is 4.72. The number of halogens is 3. The van der Waals surface area contributed by atoms with Gasteiger partial charge in [0, 0.05) is 32.1 Å². The van der Waals surface area contributed by atoms with E-state index >= 15 is 0 Å². The van der Waals surface area contributed by atoms with Gasteiger partial charge in [-0.15, -0.1) is 0 Å². The highest BCUT2D eigenvalue weighted by Gasteiger charge is 2.31. The molecule has 3 rings (SSSR count). The third-order valence-corrected chi connectivity index (χ3v) is 5.34. The number of piperidine rings is 1. The van der Waals surface area contributed by atoms with Crippen LogP contribution in [-0.4, -0.2) is 61.1 Å². The van der Waals surface area contributed by atoms with Crippen LogP contribution in [0.15, 0.2) is 24.3 Å². The average molecular weight is 413 g/mol. The molecule has 1 aromatic carbocycles. The predicted octanol–water partition coefficient (Wildman–Crippen LogP) is 3.13. The highest BCUT2D eigenvalue weighted by molar-refractivity contribution is 5.79. The number of carbonyl (C=O) groups excluding carboxylic acids is 2. The van der Waals surface area contributed by atoms with Crippen molar-refractivity contribution in [2.45, 2.75) is 31.9 Å². The van der Waals surface area contributed by atoms with Gasteiger partial charge in [0.1, 0.15) is 12.4 Å². The van der Waals surface area contributed by atoms with Crippen molar-refractivity contribution in [1.29, 1.82) is 0 Å². The summed E-state index contributed by atoms with van der Waals surface area (Å²) in [4.78, 5) is 28.3. The van der Waals surface area contributed by atoms with E-state index in [1.165, 1.54) is 12.1 Å². The first-order valence-electron chi connectivity index (χ1n) is 9.96. The number of likely N-dealkylation sites (tertiary alicyclic amines) is 2. The van der Waals surface area contributed by atoms with Gasteiger partial charge in [0.15, 0.2) is 0 Å². The Balaban J connectivity index is 1.36. The highest BCUT2D eigenvalue weighted by Crippen LogP contribution is 2.31. The largest absolute Gasteiger partial charge is 0.492 e. The number of rotatable bonds is 5. The van der Waals surface area contributed by atoms with Gasteiger partial charge < -0.3 is 19.9 Å². The zero-order valence-electron chi connectivity index (χ0n) is 16.2. The lowest BCUT2D eigenvalue weighted by Gasteiger charge is -2.34. The van der Waals surface area contributed by atoms with Crippen LogP contribution in [0.5, 0.6) is 5.75 Å². The first-order valence-corrected chi connectivity index (χ1v) is 9.96. The summed E-state index contributed by atoms with van der Waals surface area (Å²) in [6.45, 7) is 3.04. The van der Waals surface area contributed by atoms with Gasteiger partial charge in [-0.25, -0.2) is 4.79 Å². The second-order valence-corrected chi connectivity index (χ2v) is 7.40. The van der Waals surface area contributed by atoms with E-state index in [-0.39, 0.29) is 36.8 Å². The van der Waals surface area contributed by atoms with Crippen molar-refractivity contribution in [3.05, 3.63) is 29.8 Å². The topological polar surface area (TPSA) is 61.9 Å². The molecule has 2 aliphatic heterocycles. The molecule has 0 unspecified atom stereocenters. The van der Waals surface area contributed by atoms with Crippen LogP contribution >= 0.6 is 0 Å². The molecule has 0 aliphatic carbocycles. The summed E-state index contributed by atoms with van der Waals surface area (Å²) in [5.74, 6) is -0.153. The summed E-state index contributed by atoms with van der Waals surface area (Å²) in [5, 5.41) is 2.77. The van der Waals surface area contributed by atoms with Crippen LogP contribution in [0.3, 0.4) is 0 Å². The third-order valence-electron chi connectivity index (χ3n) is 5.34. The van der Waals surface area contributed by atoms with Crippen LogP contribution < -0.4 is 10.1 Å². The predicted molar refractivity (Wildman–Crippen MR) is 100 cm³/mol. The summed E-state index contributed by atoms with van der Waals surface area (Å²) >= 11 is 0. The van der Waals surface area contributed by atoms with Crippen LogP contribution in [-0.2, 0) is 11.0 Å². The molecule has 2 fully saturated rings. The molecule has 0 aromatic heterocycles. The zero-order valence-corrected chi connectivity index (χ0v) is 16.2. The maximum atomic E-state index is 12.7. The van der Waals surface area contributed by atoms with Crippen molar-refractivity contribution in [3.8, 4) is 5.75 Å². The fourth-order valence-electron chi connectivity index (χ4n) is 3.69. The Hall–Kier alpha value is -2.45. The monoisotopic (exact) mass is 413 g/mol. The fourth-order valence-corrected chi connectivity index (χ4v) is 3.69. The van der Waals surface area contributed by atoms with Crippen LogP contribution in [0.25, 0.3) is 0 Å². The second kappa shape index (κ2) is 9.37. The minimum atomic E-state index is -4.42. The van der Waals surface area contributed by atoms with E-state index < -0.39 is 11.7 Å². The number of ether oxygens (including phenoxy) is 1. The number of amides is 3. The molecule has 9 heteroatoms. The molecular weight excluding hydrogens is 387 g/mol. The van der Waals surface area contributed by atoms with Crippen molar-refractivity contribution >= 4 is 11.9 Å². The van der Waals surface area contributed by atoms with E-state index in [0.29, 0.717) is 25.9 Å². The lowest BCUT2D eigenvalue weighted by Crippen LogP contribution is -2.48. The fraction of sp³-hybridized carbons (Fsp3) is 0.600. The van der Waals surface area contributed by atoms with E-state index in [4.69, 9.17) is 4.74 Å². The third kappa shape index (κ3) is 5.77. The number of benzene rings is 1. The smallest absolute Gasteiger partial charge is 0.416 e. The molecule has 0 saturated carbocycles.